The maximum Gasteiger partial charge on any atom is 0.326 e. The van der Waals surface area contributed by atoms with Crippen LogP contribution in [0.2, 0.25) is 0 Å². The Balaban J connectivity index is 1.92. The second-order valence-electron chi connectivity index (χ2n) is 6.40. The zero-order chi connectivity index (χ0) is 20.3. The number of esters is 1. The van der Waals surface area contributed by atoms with Crippen molar-refractivity contribution in [2.75, 3.05) is 11.9 Å². The lowest BCUT2D eigenvalue weighted by molar-refractivity contribution is -0.144. The van der Waals surface area contributed by atoms with Crippen LogP contribution in [0.1, 0.15) is 34.1 Å². The van der Waals surface area contributed by atoms with Gasteiger partial charge < -0.3 is 10.1 Å². The van der Waals surface area contributed by atoms with E-state index >= 15 is 0 Å². The average Bonchev–Trinajstić information content (AvgIpc) is 3.01. The summed E-state index contributed by atoms with van der Waals surface area (Å²) in [5.74, 6) is -0.779. The van der Waals surface area contributed by atoms with Gasteiger partial charge in [0.05, 0.1) is 23.2 Å². The highest BCUT2D eigenvalue weighted by Crippen LogP contribution is 2.28. The smallest absolute Gasteiger partial charge is 0.326 e. The summed E-state index contributed by atoms with van der Waals surface area (Å²) in [6.45, 7) is 5.62. The number of hydrogen-bond donors (Lipinski definition) is 1. The first kappa shape index (κ1) is 19.8. The standard InChI is InChI=1S/C20H21N3O4S/c1-4-9-27-15(24)10-23-11-21-19-16(20(23)26)13(3)17(28-19)18(25)22-14-8-6-5-7-12(14)2/h5-8,11H,4,9-10H2,1-3H3,(H,22,25). The predicted molar refractivity (Wildman–Crippen MR) is 109 cm³/mol. The first-order valence-electron chi connectivity index (χ1n) is 8.93. The highest BCUT2D eigenvalue weighted by Gasteiger charge is 2.20. The van der Waals surface area contributed by atoms with E-state index in [4.69, 9.17) is 4.74 Å². The van der Waals surface area contributed by atoms with Crippen LogP contribution >= 0.6 is 11.3 Å². The molecule has 7 nitrogen and oxygen atoms in total. The third kappa shape index (κ3) is 3.96. The van der Waals surface area contributed by atoms with E-state index in [-0.39, 0.29) is 18.0 Å². The SMILES string of the molecule is CCCOC(=O)Cn1cnc2sc(C(=O)Nc3ccccc3C)c(C)c2c1=O. The zero-order valence-corrected chi connectivity index (χ0v) is 16.8. The second kappa shape index (κ2) is 8.35. The number of amides is 1. The van der Waals surface area contributed by atoms with E-state index in [2.05, 4.69) is 10.3 Å². The molecule has 0 atom stereocenters. The number of carbonyl (C=O) groups is 2. The number of carbonyl (C=O) groups excluding carboxylic acids is 2. The summed E-state index contributed by atoms with van der Waals surface area (Å²) in [5, 5.41) is 3.23. The molecule has 0 bridgehead atoms. The Morgan fingerprint density at radius 2 is 2.00 bits per heavy atom. The molecule has 0 fully saturated rings. The van der Waals surface area contributed by atoms with Crippen LogP contribution in [0.25, 0.3) is 10.2 Å². The normalized spacial score (nSPS) is 10.8. The highest BCUT2D eigenvalue weighted by molar-refractivity contribution is 7.20. The number of aryl methyl sites for hydroxylation is 2. The number of nitrogens with zero attached hydrogens (tertiary/aromatic N) is 2. The van der Waals surface area contributed by atoms with Crippen LogP contribution in [0.4, 0.5) is 5.69 Å². The Morgan fingerprint density at radius 3 is 2.71 bits per heavy atom. The Bertz CT molecular complexity index is 1100. The predicted octanol–water partition coefficient (Wildman–Crippen LogP) is 3.28. The molecule has 0 aliphatic rings. The van der Waals surface area contributed by atoms with Crippen LogP contribution in [-0.2, 0) is 16.1 Å². The molecule has 2 aromatic heterocycles. The maximum absolute atomic E-state index is 12.8. The number of thiophene rings is 1. The van der Waals surface area contributed by atoms with Crippen molar-refractivity contribution in [3.05, 3.63) is 57.0 Å². The van der Waals surface area contributed by atoms with Crippen molar-refractivity contribution in [3.8, 4) is 0 Å². The number of benzene rings is 1. The van der Waals surface area contributed by atoms with Crippen molar-refractivity contribution in [1.82, 2.24) is 9.55 Å². The first-order valence-corrected chi connectivity index (χ1v) is 9.75. The quantitative estimate of drug-likeness (QED) is 0.643. The Labute approximate surface area is 166 Å². The molecule has 0 aliphatic carbocycles. The highest BCUT2D eigenvalue weighted by atomic mass is 32.1. The van der Waals surface area contributed by atoms with Crippen molar-refractivity contribution in [1.29, 1.82) is 0 Å². The van der Waals surface area contributed by atoms with Crippen LogP contribution in [0, 0.1) is 13.8 Å². The van der Waals surface area contributed by atoms with Crippen molar-refractivity contribution in [2.45, 2.75) is 33.7 Å². The monoisotopic (exact) mass is 399 g/mol. The van der Waals surface area contributed by atoms with E-state index < -0.39 is 5.97 Å². The van der Waals surface area contributed by atoms with Crippen molar-refractivity contribution >= 4 is 39.1 Å². The van der Waals surface area contributed by atoms with Gasteiger partial charge in [0, 0.05) is 5.69 Å². The molecule has 3 rings (SSSR count). The number of ether oxygens (including phenoxy) is 1. The van der Waals surface area contributed by atoms with Gasteiger partial charge in [0.15, 0.2) is 0 Å². The number of rotatable bonds is 6. The van der Waals surface area contributed by atoms with E-state index in [0.29, 0.717) is 39.4 Å². The molecule has 0 spiro atoms. The largest absolute Gasteiger partial charge is 0.464 e. The first-order chi connectivity index (χ1) is 13.4. The fourth-order valence-corrected chi connectivity index (χ4v) is 3.82. The van der Waals surface area contributed by atoms with Crippen LogP contribution < -0.4 is 10.9 Å². The van der Waals surface area contributed by atoms with Gasteiger partial charge in [-0.3, -0.25) is 19.0 Å². The minimum atomic E-state index is -0.490. The molecule has 1 aromatic carbocycles. The molecule has 2 heterocycles. The lowest BCUT2D eigenvalue weighted by Gasteiger charge is -2.07. The number of aromatic nitrogens is 2. The lowest BCUT2D eigenvalue weighted by atomic mass is 10.2. The third-order valence-corrected chi connectivity index (χ3v) is 5.48. The molecule has 0 radical (unpaired) electrons. The fourth-order valence-electron chi connectivity index (χ4n) is 2.78. The summed E-state index contributed by atoms with van der Waals surface area (Å²) in [6, 6.07) is 7.47. The van der Waals surface area contributed by atoms with Gasteiger partial charge >= 0.3 is 5.97 Å². The Morgan fingerprint density at radius 1 is 1.25 bits per heavy atom. The number of anilines is 1. The minimum Gasteiger partial charge on any atom is -0.464 e. The molecular weight excluding hydrogens is 378 g/mol. The molecular formula is C20H21N3O4S. The van der Waals surface area contributed by atoms with E-state index in [9.17, 15) is 14.4 Å². The topological polar surface area (TPSA) is 90.3 Å². The number of fused-ring (bicyclic) bond motifs is 1. The molecule has 28 heavy (non-hydrogen) atoms. The number of hydrogen-bond acceptors (Lipinski definition) is 6. The second-order valence-corrected chi connectivity index (χ2v) is 7.40. The van der Waals surface area contributed by atoms with E-state index in [1.807, 2.05) is 38.1 Å². The van der Waals surface area contributed by atoms with Gasteiger partial charge in [-0.2, -0.15) is 0 Å². The van der Waals surface area contributed by atoms with Crippen LogP contribution in [0.3, 0.4) is 0 Å². The fraction of sp³-hybridized carbons (Fsp3) is 0.300. The van der Waals surface area contributed by atoms with E-state index in [1.54, 1.807) is 6.92 Å². The van der Waals surface area contributed by atoms with Crippen LogP contribution in [0.5, 0.6) is 0 Å². The molecule has 0 saturated carbocycles. The van der Waals surface area contributed by atoms with Crippen LogP contribution in [-0.4, -0.2) is 28.0 Å². The summed E-state index contributed by atoms with van der Waals surface area (Å²) < 4.78 is 6.24. The maximum atomic E-state index is 12.8. The van der Waals surface area contributed by atoms with Gasteiger partial charge in [0.2, 0.25) is 0 Å². The Hall–Kier alpha value is -3.00. The van der Waals surface area contributed by atoms with Crippen molar-refractivity contribution in [2.24, 2.45) is 0 Å². The third-order valence-electron chi connectivity index (χ3n) is 4.28. The number of para-hydroxylation sites is 1. The molecule has 146 valence electrons. The number of nitrogens with one attached hydrogen (secondary N) is 1. The van der Waals surface area contributed by atoms with Crippen molar-refractivity contribution < 1.29 is 14.3 Å². The van der Waals surface area contributed by atoms with E-state index in [0.717, 1.165) is 16.9 Å². The average molecular weight is 399 g/mol. The van der Waals surface area contributed by atoms with Gasteiger partial charge in [0.25, 0.3) is 11.5 Å². The summed E-state index contributed by atoms with van der Waals surface area (Å²) >= 11 is 1.16. The van der Waals surface area contributed by atoms with Crippen molar-refractivity contribution in [3.63, 3.8) is 0 Å². The lowest BCUT2D eigenvalue weighted by Crippen LogP contribution is -2.25. The van der Waals surface area contributed by atoms with Gasteiger partial charge in [-0.25, -0.2) is 4.98 Å². The van der Waals surface area contributed by atoms with Crippen LogP contribution in [0.15, 0.2) is 35.4 Å². The zero-order valence-electron chi connectivity index (χ0n) is 15.9. The summed E-state index contributed by atoms with van der Waals surface area (Å²) in [6.07, 6.45) is 2.03. The molecule has 0 aliphatic heterocycles. The summed E-state index contributed by atoms with van der Waals surface area (Å²) in [5.41, 5.74) is 1.86. The van der Waals surface area contributed by atoms with Gasteiger partial charge in [-0.1, -0.05) is 25.1 Å². The van der Waals surface area contributed by atoms with Gasteiger partial charge in [0.1, 0.15) is 11.4 Å². The minimum absolute atomic E-state index is 0.207. The molecule has 0 unspecified atom stereocenters. The van der Waals surface area contributed by atoms with E-state index in [1.165, 1.54) is 10.9 Å². The Kier molecular flexibility index (Phi) is 5.89. The summed E-state index contributed by atoms with van der Waals surface area (Å²) in [4.78, 5) is 42.5. The molecule has 1 amide bonds. The molecule has 0 saturated heterocycles. The summed E-state index contributed by atoms with van der Waals surface area (Å²) in [7, 11) is 0. The molecule has 3 aromatic rings. The van der Waals surface area contributed by atoms with Gasteiger partial charge in [-0.05, 0) is 37.5 Å². The molecule has 8 heteroatoms. The molecule has 1 N–H and O–H groups in total. The van der Waals surface area contributed by atoms with Gasteiger partial charge in [-0.15, -0.1) is 11.3 Å².